The van der Waals surface area contributed by atoms with E-state index in [-0.39, 0.29) is 17.8 Å². The van der Waals surface area contributed by atoms with E-state index in [9.17, 15) is 9.59 Å². The Labute approximate surface area is 139 Å². The van der Waals surface area contributed by atoms with Crippen LogP contribution in [0.4, 0.5) is 0 Å². The zero-order chi connectivity index (χ0) is 17.4. The fraction of sp³-hybridized carbons (Fsp3) is 0.438. The number of ether oxygens (including phenoxy) is 3. The van der Waals surface area contributed by atoms with Crippen molar-refractivity contribution in [2.45, 2.75) is 20.0 Å². The van der Waals surface area contributed by atoms with Crippen LogP contribution in [0.5, 0.6) is 0 Å². The fourth-order valence-corrected chi connectivity index (χ4v) is 2.57. The van der Waals surface area contributed by atoms with Crippen molar-refractivity contribution in [3.8, 4) is 0 Å². The monoisotopic (exact) mass is 339 g/mol. The second-order valence-electron chi connectivity index (χ2n) is 4.76. The molecule has 0 aliphatic carbocycles. The number of hydrogen-bond acceptors (Lipinski definition) is 7. The maximum absolute atomic E-state index is 11.4. The number of nitrogens with zero attached hydrogens (tertiary/aromatic N) is 1. The van der Waals surface area contributed by atoms with E-state index in [2.05, 4.69) is 9.72 Å². The lowest BCUT2D eigenvalue weighted by atomic mass is 10.0. The molecule has 7 heteroatoms. The number of ketones is 1. The highest BCUT2D eigenvalue weighted by molar-refractivity contribution is 7.11. The normalized spacial score (nSPS) is 14.6. The molecular formula is C16H21NO5S. The summed E-state index contributed by atoms with van der Waals surface area (Å²) in [5.41, 5.74) is 0.686. The molecule has 0 saturated carbocycles. The van der Waals surface area contributed by atoms with Crippen molar-refractivity contribution in [2.24, 2.45) is 5.92 Å². The Morgan fingerprint density at radius 2 is 1.96 bits per heavy atom. The minimum absolute atomic E-state index is 0.0611. The van der Waals surface area contributed by atoms with Gasteiger partial charge in [0.2, 0.25) is 0 Å². The number of esters is 1. The molecule has 1 aromatic heterocycles. The van der Waals surface area contributed by atoms with Crippen LogP contribution in [0.3, 0.4) is 0 Å². The molecule has 0 aliphatic rings. The third-order valence-electron chi connectivity index (χ3n) is 3.19. The molecule has 1 heterocycles. The van der Waals surface area contributed by atoms with Gasteiger partial charge in [-0.25, -0.2) is 9.78 Å². The Morgan fingerprint density at radius 3 is 2.43 bits per heavy atom. The Morgan fingerprint density at radius 1 is 1.26 bits per heavy atom. The molecule has 6 nitrogen and oxygen atoms in total. The van der Waals surface area contributed by atoms with E-state index in [0.29, 0.717) is 16.5 Å². The first kappa shape index (κ1) is 19.1. The number of thiazole rings is 1. The van der Waals surface area contributed by atoms with Gasteiger partial charge in [0.15, 0.2) is 10.8 Å². The van der Waals surface area contributed by atoms with E-state index in [0.717, 1.165) is 0 Å². The quantitative estimate of drug-likeness (QED) is 0.314. The lowest BCUT2D eigenvalue weighted by Gasteiger charge is -2.21. The predicted molar refractivity (Wildman–Crippen MR) is 88.2 cm³/mol. The summed E-state index contributed by atoms with van der Waals surface area (Å²) in [7, 11) is 4.36. The third kappa shape index (κ3) is 5.61. The molecule has 0 aromatic carbocycles. The van der Waals surface area contributed by atoms with E-state index in [1.165, 1.54) is 38.6 Å². The van der Waals surface area contributed by atoms with E-state index in [1.807, 2.05) is 13.0 Å². The SMILES string of the molecule is COC(=O)/C=C(/OC)[C@H](C)[C@H](/C=C/c1csc(C(C)=O)n1)OC. The highest BCUT2D eigenvalue weighted by atomic mass is 32.1. The summed E-state index contributed by atoms with van der Waals surface area (Å²) in [5, 5.41) is 2.27. The lowest BCUT2D eigenvalue weighted by Crippen LogP contribution is -2.21. The second-order valence-corrected chi connectivity index (χ2v) is 5.61. The molecule has 0 unspecified atom stereocenters. The van der Waals surface area contributed by atoms with Crippen LogP contribution in [0.1, 0.15) is 29.3 Å². The van der Waals surface area contributed by atoms with Crippen LogP contribution in [-0.4, -0.2) is 44.2 Å². The van der Waals surface area contributed by atoms with Gasteiger partial charge in [-0.3, -0.25) is 4.79 Å². The Bertz CT molecular complexity index is 605. The molecule has 0 spiro atoms. The number of Topliss-reactive ketones (excluding diaryl/α,β-unsaturated/α-hetero) is 1. The Kier molecular flexibility index (Phi) is 7.64. The zero-order valence-corrected chi connectivity index (χ0v) is 14.7. The van der Waals surface area contributed by atoms with Crippen LogP contribution in [0, 0.1) is 5.92 Å². The fourth-order valence-electron chi connectivity index (χ4n) is 1.88. The number of rotatable bonds is 8. The Balaban J connectivity index is 2.89. The van der Waals surface area contributed by atoms with E-state index in [4.69, 9.17) is 9.47 Å². The van der Waals surface area contributed by atoms with Gasteiger partial charge in [-0.2, -0.15) is 0 Å². The number of carbonyl (C=O) groups excluding carboxylic acids is 2. The molecule has 0 radical (unpaired) electrons. The van der Waals surface area contributed by atoms with Crippen molar-refractivity contribution >= 4 is 29.2 Å². The van der Waals surface area contributed by atoms with Crippen LogP contribution in [-0.2, 0) is 19.0 Å². The van der Waals surface area contributed by atoms with Crippen LogP contribution in [0.25, 0.3) is 6.08 Å². The van der Waals surface area contributed by atoms with Gasteiger partial charge in [-0.1, -0.05) is 13.0 Å². The van der Waals surface area contributed by atoms with Crippen molar-refractivity contribution in [2.75, 3.05) is 21.3 Å². The van der Waals surface area contributed by atoms with Crippen LogP contribution in [0.2, 0.25) is 0 Å². The van der Waals surface area contributed by atoms with Crippen LogP contribution >= 0.6 is 11.3 Å². The molecule has 1 aromatic rings. The number of aromatic nitrogens is 1. The minimum Gasteiger partial charge on any atom is -0.500 e. The van der Waals surface area contributed by atoms with Gasteiger partial charge in [0.1, 0.15) is 5.76 Å². The highest BCUT2D eigenvalue weighted by Crippen LogP contribution is 2.20. The van der Waals surface area contributed by atoms with E-state index >= 15 is 0 Å². The summed E-state index contributed by atoms with van der Waals surface area (Å²) in [6.45, 7) is 3.35. The van der Waals surface area contributed by atoms with Crippen molar-refractivity contribution < 1.29 is 23.8 Å². The summed E-state index contributed by atoms with van der Waals surface area (Å²) in [4.78, 5) is 26.8. The molecule has 0 amide bonds. The molecular weight excluding hydrogens is 318 g/mol. The first-order valence-electron chi connectivity index (χ1n) is 6.93. The summed E-state index contributed by atoms with van der Waals surface area (Å²) in [6, 6.07) is 0. The maximum atomic E-state index is 11.4. The standard InChI is InChI=1S/C16H21NO5S/c1-10(14(21-4)8-15(19)22-5)13(20-3)7-6-12-9-23-16(17-12)11(2)18/h6-10,13H,1-5H3/b7-6+,14-8+/t10-,13+/m1/s1. The molecule has 0 fully saturated rings. The molecule has 0 saturated heterocycles. The average molecular weight is 339 g/mol. The van der Waals surface area contributed by atoms with Gasteiger partial charge in [-0.15, -0.1) is 11.3 Å². The summed E-state index contributed by atoms with van der Waals surface area (Å²) in [6.07, 6.45) is 4.56. The van der Waals surface area contributed by atoms with Gasteiger partial charge in [0.05, 0.1) is 32.1 Å². The molecule has 23 heavy (non-hydrogen) atoms. The van der Waals surface area contributed by atoms with Gasteiger partial charge < -0.3 is 14.2 Å². The van der Waals surface area contributed by atoms with E-state index in [1.54, 1.807) is 18.6 Å². The smallest absolute Gasteiger partial charge is 0.333 e. The number of carbonyl (C=O) groups is 2. The van der Waals surface area contributed by atoms with Crippen LogP contribution in [0.15, 0.2) is 23.3 Å². The third-order valence-corrected chi connectivity index (χ3v) is 4.15. The second kappa shape index (κ2) is 9.22. The van der Waals surface area contributed by atoms with Crippen molar-refractivity contribution in [1.29, 1.82) is 0 Å². The molecule has 126 valence electrons. The molecule has 0 bridgehead atoms. The Hall–Kier alpha value is -1.99. The molecule has 2 atom stereocenters. The molecule has 0 N–H and O–H groups in total. The van der Waals surface area contributed by atoms with Crippen LogP contribution < -0.4 is 0 Å². The maximum Gasteiger partial charge on any atom is 0.333 e. The number of methoxy groups -OCH3 is 3. The highest BCUT2D eigenvalue weighted by Gasteiger charge is 2.20. The van der Waals surface area contributed by atoms with Crippen molar-refractivity contribution in [3.05, 3.63) is 34.0 Å². The van der Waals surface area contributed by atoms with Crippen molar-refractivity contribution in [1.82, 2.24) is 4.98 Å². The summed E-state index contributed by atoms with van der Waals surface area (Å²) in [5.74, 6) is -0.297. The van der Waals surface area contributed by atoms with Gasteiger partial charge in [-0.05, 0) is 6.08 Å². The van der Waals surface area contributed by atoms with E-state index < -0.39 is 5.97 Å². The topological polar surface area (TPSA) is 74.7 Å². The predicted octanol–water partition coefficient (Wildman–Crippen LogP) is 2.71. The van der Waals surface area contributed by atoms with Gasteiger partial charge in [0, 0.05) is 25.3 Å². The molecule has 0 aliphatic heterocycles. The largest absolute Gasteiger partial charge is 0.500 e. The van der Waals surface area contributed by atoms with Gasteiger partial charge >= 0.3 is 5.97 Å². The molecule has 1 rings (SSSR count). The van der Waals surface area contributed by atoms with Gasteiger partial charge in [0.25, 0.3) is 0 Å². The first-order valence-corrected chi connectivity index (χ1v) is 7.81. The number of hydrogen-bond donors (Lipinski definition) is 0. The summed E-state index contributed by atoms with van der Waals surface area (Å²) < 4.78 is 15.3. The average Bonchev–Trinajstić information content (AvgIpc) is 3.01. The van der Waals surface area contributed by atoms with Crippen molar-refractivity contribution in [3.63, 3.8) is 0 Å². The first-order chi connectivity index (χ1) is 10.9. The zero-order valence-electron chi connectivity index (χ0n) is 13.9. The summed E-state index contributed by atoms with van der Waals surface area (Å²) >= 11 is 1.30. The lowest BCUT2D eigenvalue weighted by molar-refractivity contribution is -0.135. The minimum atomic E-state index is -0.488.